The summed E-state index contributed by atoms with van der Waals surface area (Å²) in [5.41, 5.74) is 2.68. The third-order valence-electron chi connectivity index (χ3n) is 5.53. The van der Waals surface area contributed by atoms with Crippen molar-refractivity contribution >= 4 is 23.1 Å². The first kappa shape index (κ1) is 21.2. The Hall–Kier alpha value is -4.06. The molecule has 1 atom stereocenters. The number of aryl methyl sites for hydroxylation is 1. The Balaban J connectivity index is 1.96. The summed E-state index contributed by atoms with van der Waals surface area (Å²) in [7, 11) is 3.05. The first-order chi connectivity index (χ1) is 15.5. The van der Waals surface area contributed by atoms with E-state index in [0.717, 1.165) is 5.56 Å². The average molecular weight is 429 g/mol. The Labute approximate surface area is 186 Å². The molecule has 0 spiro atoms. The van der Waals surface area contributed by atoms with Crippen LogP contribution in [0.15, 0.2) is 78.4 Å². The van der Waals surface area contributed by atoms with Gasteiger partial charge in [-0.2, -0.15) is 0 Å². The zero-order chi connectivity index (χ0) is 22.8. The summed E-state index contributed by atoms with van der Waals surface area (Å²) in [6.07, 6.45) is 0. The van der Waals surface area contributed by atoms with Crippen molar-refractivity contribution in [1.29, 1.82) is 0 Å². The number of rotatable bonds is 5. The Morgan fingerprint density at radius 2 is 1.53 bits per heavy atom. The molecule has 162 valence electrons. The second-order valence-electron chi connectivity index (χ2n) is 7.49. The lowest BCUT2D eigenvalue weighted by molar-refractivity contribution is -0.132. The number of nitrogens with zero attached hydrogens (tertiary/aromatic N) is 1. The van der Waals surface area contributed by atoms with Crippen molar-refractivity contribution in [2.45, 2.75) is 13.0 Å². The van der Waals surface area contributed by atoms with E-state index in [-0.39, 0.29) is 11.3 Å². The molecule has 32 heavy (non-hydrogen) atoms. The average Bonchev–Trinajstić information content (AvgIpc) is 3.09. The van der Waals surface area contributed by atoms with Gasteiger partial charge in [-0.3, -0.25) is 14.5 Å². The molecule has 1 heterocycles. The molecular formula is C26H23NO5. The van der Waals surface area contributed by atoms with Crippen LogP contribution in [-0.2, 0) is 9.59 Å². The number of amides is 1. The number of aliphatic hydroxyl groups is 1. The fourth-order valence-electron chi connectivity index (χ4n) is 3.89. The second-order valence-corrected chi connectivity index (χ2v) is 7.49. The zero-order valence-corrected chi connectivity index (χ0v) is 18.0. The van der Waals surface area contributed by atoms with Crippen LogP contribution in [0.5, 0.6) is 11.5 Å². The number of methoxy groups -OCH3 is 2. The summed E-state index contributed by atoms with van der Waals surface area (Å²) in [4.78, 5) is 27.8. The molecule has 1 aliphatic rings. The number of carbonyl (C=O) groups excluding carboxylic acids is 2. The summed E-state index contributed by atoms with van der Waals surface area (Å²) in [5, 5.41) is 11.1. The molecule has 0 saturated carbocycles. The van der Waals surface area contributed by atoms with E-state index in [1.54, 1.807) is 54.6 Å². The fraction of sp³-hybridized carbons (Fsp3) is 0.154. The number of hydrogen-bond donors (Lipinski definition) is 1. The number of ketones is 1. The Morgan fingerprint density at radius 3 is 2.16 bits per heavy atom. The molecule has 4 rings (SSSR count). The predicted octanol–water partition coefficient (Wildman–Crippen LogP) is 4.64. The molecule has 1 saturated heterocycles. The lowest BCUT2D eigenvalue weighted by atomic mass is 9.94. The highest BCUT2D eigenvalue weighted by Crippen LogP contribution is 2.44. The minimum absolute atomic E-state index is 0.0222. The predicted molar refractivity (Wildman–Crippen MR) is 122 cm³/mol. The normalized spacial score (nSPS) is 17.5. The minimum atomic E-state index is -0.835. The third-order valence-corrected chi connectivity index (χ3v) is 5.53. The summed E-state index contributed by atoms with van der Waals surface area (Å²) >= 11 is 0. The van der Waals surface area contributed by atoms with Gasteiger partial charge in [-0.1, -0.05) is 54.1 Å². The largest absolute Gasteiger partial charge is 0.507 e. The van der Waals surface area contributed by atoms with Gasteiger partial charge < -0.3 is 14.6 Å². The Kier molecular flexibility index (Phi) is 5.69. The molecule has 1 aliphatic heterocycles. The highest BCUT2D eigenvalue weighted by molar-refractivity contribution is 6.51. The standard InChI is InChI=1S/C26H23NO5/c1-16-9-12-19(13-10-16)27-23(18-11-14-20(31-2)21(15-18)32-3)22(25(29)26(27)30)24(28)17-7-5-4-6-8-17/h4-15,23,28H,1-3H3/b24-22-. The molecule has 1 fully saturated rings. The molecule has 6 heteroatoms. The van der Waals surface area contributed by atoms with Crippen LogP contribution in [0.4, 0.5) is 5.69 Å². The molecule has 0 bridgehead atoms. The molecule has 1 amide bonds. The van der Waals surface area contributed by atoms with Crippen molar-refractivity contribution in [3.8, 4) is 11.5 Å². The van der Waals surface area contributed by atoms with Gasteiger partial charge in [0.1, 0.15) is 5.76 Å². The SMILES string of the molecule is COc1ccc(C2/C(=C(/O)c3ccccc3)C(=O)C(=O)N2c2ccc(C)cc2)cc1OC. The molecule has 1 N–H and O–H groups in total. The van der Waals surface area contributed by atoms with Crippen LogP contribution in [0.1, 0.15) is 22.7 Å². The maximum Gasteiger partial charge on any atom is 0.300 e. The van der Waals surface area contributed by atoms with Crippen molar-refractivity contribution in [3.05, 3.63) is 95.1 Å². The van der Waals surface area contributed by atoms with Crippen LogP contribution in [0.25, 0.3) is 5.76 Å². The third kappa shape index (κ3) is 3.60. The topological polar surface area (TPSA) is 76.1 Å². The van der Waals surface area contributed by atoms with Gasteiger partial charge >= 0.3 is 0 Å². The number of anilines is 1. The Morgan fingerprint density at radius 1 is 0.875 bits per heavy atom. The first-order valence-electron chi connectivity index (χ1n) is 10.1. The van der Waals surface area contributed by atoms with Crippen molar-refractivity contribution < 1.29 is 24.2 Å². The number of ether oxygens (including phenoxy) is 2. The van der Waals surface area contributed by atoms with E-state index in [9.17, 15) is 14.7 Å². The highest BCUT2D eigenvalue weighted by atomic mass is 16.5. The minimum Gasteiger partial charge on any atom is -0.507 e. The number of hydrogen-bond acceptors (Lipinski definition) is 5. The number of aliphatic hydroxyl groups excluding tert-OH is 1. The molecule has 3 aromatic carbocycles. The lowest BCUT2D eigenvalue weighted by Crippen LogP contribution is -2.29. The van der Waals surface area contributed by atoms with Crippen LogP contribution in [0.2, 0.25) is 0 Å². The maximum atomic E-state index is 13.2. The highest BCUT2D eigenvalue weighted by Gasteiger charge is 2.47. The van der Waals surface area contributed by atoms with Gasteiger partial charge in [0.25, 0.3) is 11.7 Å². The maximum absolute atomic E-state index is 13.2. The smallest absolute Gasteiger partial charge is 0.300 e. The monoisotopic (exact) mass is 429 g/mol. The van der Waals surface area contributed by atoms with Crippen LogP contribution < -0.4 is 14.4 Å². The van der Waals surface area contributed by atoms with Crippen molar-refractivity contribution in [1.82, 2.24) is 0 Å². The van der Waals surface area contributed by atoms with E-state index in [4.69, 9.17) is 9.47 Å². The lowest BCUT2D eigenvalue weighted by Gasteiger charge is -2.26. The molecule has 0 radical (unpaired) electrons. The molecular weight excluding hydrogens is 406 g/mol. The van der Waals surface area contributed by atoms with E-state index in [2.05, 4.69) is 0 Å². The van der Waals surface area contributed by atoms with E-state index in [1.165, 1.54) is 19.1 Å². The van der Waals surface area contributed by atoms with E-state index < -0.39 is 17.7 Å². The zero-order valence-electron chi connectivity index (χ0n) is 18.0. The quantitative estimate of drug-likeness (QED) is 0.363. The van der Waals surface area contributed by atoms with Gasteiger partial charge in [-0.05, 0) is 36.8 Å². The number of carbonyl (C=O) groups is 2. The van der Waals surface area contributed by atoms with Gasteiger partial charge in [0.15, 0.2) is 11.5 Å². The van der Waals surface area contributed by atoms with E-state index in [1.807, 2.05) is 25.1 Å². The first-order valence-corrected chi connectivity index (χ1v) is 10.1. The van der Waals surface area contributed by atoms with Gasteiger partial charge in [-0.25, -0.2) is 0 Å². The van der Waals surface area contributed by atoms with Crippen LogP contribution in [0.3, 0.4) is 0 Å². The van der Waals surface area contributed by atoms with E-state index in [0.29, 0.717) is 28.3 Å². The van der Waals surface area contributed by atoms with Gasteiger partial charge in [0.05, 0.1) is 25.8 Å². The van der Waals surface area contributed by atoms with Crippen LogP contribution in [-0.4, -0.2) is 31.0 Å². The number of Topliss-reactive ketones (excluding diaryl/α,β-unsaturated/α-hetero) is 1. The molecule has 1 unspecified atom stereocenters. The molecule has 0 aromatic heterocycles. The summed E-state index contributed by atoms with van der Waals surface area (Å²) in [6.45, 7) is 1.94. The van der Waals surface area contributed by atoms with E-state index >= 15 is 0 Å². The second kappa shape index (κ2) is 8.59. The summed E-state index contributed by atoms with van der Waals surface area (Å²) < 4.78 is 10.8. The fourth-order valence-corrected chi connectivity index (χ4v) is 3.89. The number of benzene rings is 3. The summed E-state index contributed by atoms with van der Waals surface area (Å²) in [6, 6.07) is 20.4. The van der Waals surface area contributed by atoms with Crippen molar-refractivity contribution in [2.24, 2.45) is 0 Å². The Bertz CT molecular complexity index is 1200. The van der Waals surface area contributed by atoms with Crippen LogP contribution >= 0.6 is 0 Å². The molecule has 0 aliphatic carbocycles. The van der Waals surface area contributed by atoms with Crippen molar-refractivity contribution in [3.63, 3.8) is 0 Å². The molecule has 6 nitrogen and oxygen atoms in total. The van der Waals surface area contributed by atoms with Gasteiger partial charge in [-0.15, -0.1) is 0 Å². The van der Waals surface area contributed by atoms with Gasteiger partial charge in [0, 0.05) is 11.3 Å². The van der Waals surface area contributed by atoms with Crippen LogP contribution in [0, 0.1) is 6.92 Å². The summed E-state index contributed by atoms with van der Waals surface area (Å²) in [5.74, 6) is -0.693. The van der Waals surface area contributed by atoms with Crippen molar-refractivity contribution in [2.75, 3.05) is 19.1 Å². The molecule has 3 aromatic rings. The van der Waals surface area contributed by atoms with Gasteiger partial charge in [0.2, 0.25) is 0 Å².